The second-order valence-corrected chi connectivity index (χ2v) is 5.75. The molecule has 0 unspecified atom stereocenters. The molecule has 1 aromatic heterocycles. The first-order chi connectivity index (χ1) is 7.74. The number of hydrogen-bond acceptors (Lipinski definition) is 2. The Balaban J connectivity index is 2.00. The van der Waals surface area contributed by atoms with Gasteiger partial charge in [-0.2, -0.15) is 0 Å². The monoisotopic (exact) mass is 297 g/mol. The van der Waals surface area contributed by atoms with Crippen LogP contribution in [0.5, 0.6) is 0 Å². The van der Waals surface area contributed by atoms with E-state index < -0.39 is 0 Å². The van der Waals surface area contributed by atoms with Crippen molar-refractivity contribution in [1.29, 1.82) is 0 Å². The van der Waals surface area contributed by atoms with Crippen LogP contribution < -0.4 is 0 Å². The van der Waals surface area contributed by atoms with Crippen LogP contribution in [0.2, 0.25) is 0 Å². The van der Waals surface area contributed by atoms with Crippen molar-refractivity contribution in [2.45, 2.75) is 18.8 Å². The van der Waals surface area contributed by atoms with Crippen molar-refractivity contribution >= 4 is 27.3 Å². The fourth-order valence-corrected chi connectivity index (χ4v) is 2.90. The van der Waals surface area contributed by atoms with Crippen LogP contribution in [0.1, 0.15) is 24.5 Å². The van der Waals surface area contributed by atoms with E-state index in [0.717, 1.165) is 15.2 Å². The molecule has 3 rings (SSSR count). The molecule has 0 spiro atoms. The molecule has 1 nitrogen and oxygen atoms in total. The summed E-state index contributed by atoms with van der Waals surface area (Å²) in [4.78, 5) is 4.50. The van der Waals surface area contributed by atoms with E-state index in [9.17, 15) is 4.39 Å². The van der Waals surface area contributed by atoms with E-state index in [1.165, 1.54) is 30.2 Å². The van der Waals surface area contributed by atoms with Gasteiger partial charge in [-0.15, -0.1) is 11.3 Å². The normalized spacial score (nSPS) is 15.4. The van der Waals surface area contributed by atoms with Gasteiger partial charge in [0.1, 0.15) is 10.8 Å². The van der Waals surface area contributed by atoms with Gasteiger partial charge in [-0.25, -0.2) is 9.37 Å². The molecule has 0 radical (unpaired) electrons. The molecule has 1 heterocycles. The highest BCUT2D eigenvalue weighted by molar-refractivity contribution is 9.10. The van der Waals surface area contributed by atoms with Gasteiger partial charge in [0.05, 0.1) is 5.69 Å². The lowest BCUT2D eigenvalue weighted by molar-refractivity contribution is 0.630. The molecular formula is C12H9BrFNS. The minimum absolute atomic E-state index is 0.217. The number of aromatic nitrogens is 1. The second-order valence-electron chi connectivity index (χ2n) is 3.98. The third kappa shape index (κ3) is 1.92. The number of benzene rings is 1. The average Bonchev–Trinajstić information content (AvgIpc) is 2.98. The Morgan fingerprint density at radius 2 is 2.19 bits per heavy atom. The summed E-state index contributed by atoms with van der Waals surface area (Å²) in [6.45, 7) is 0. The second kappa shape index (κ2) is 3.93. The minimum Gasteiger partial charge on any atom is -0.241 e. The molecule has 1 aromatic carbocycles. The van der Waals surface area contributed by atoms with Crippen molar-refractivity contribution in [3.05, 3.63) is 39.6 Å². The van der Waals surface area contributed by atoms with E-state index in [1.54, 1.807) is 6.07 Å². The van der Waals surface area contributed by atoms with Crippen LogP contribution in [0, 0.1) is 5.82 Å². The molecule has 2 aromatic rings. The van der Waals surface area contributed by atoms with E-state index in [2.05, 4.69) is 26.3 Å². The molecule has 16 heavy (non-hydrogen) atoms. The highest BCUT2D eigenvalue weighted by Gasteiger charge is 2.26. The largest absolute Gasteiger partial charge is 0.241 e. The summed E-state index contributed by atoms with van der Waals surface area (Å²) in [6.07, 6.45) is 2.46. The van der Waals surface area contributed by atoms with Gasteiger partial charge in [-0.3, -0.25) is 0 Å². The molecule has 1 fully saturated rings. The summed E-state index contributed by atoms with van der Waals surface area (Å²) in [5.41, 5.74) is 1.72. The van der Waals surface area contributed by atoms with E-state index in [4.69, 9.17) is 0 Å². The minimum atomic E-state index is -0.217. The van der Waals surface area contributed by atoms with Crippen molar-refractivity contribution in [3.63, 3.8) is 0 Å². The number of hydrogen-bond donors (Lipinski definition) is 0. The molecule has 0 atom stereocenters. The van der Waals surface area contributed by atoms with Crippen LogP contribution >= 0.6 is 27.3 Å². The molecule has 0 saturated heterocycles. The third-order valence-corrected chi connectivity index (χ3v) is 4.07. The van der Waals surface area contributed by atoms with Crippen LogP contribution in [-0.2, 0) is 0 Å². The first kappa shape index (κ1) is 10.4. The predicted octanol–water partition coefficient (Wildman–Crippen LogP) is 4.59. The zero-order chi connectivity index (χ0) is 11.1. The van der Waals surface area contributed by atoms with Crippen LogP contribution in [0.3, 0.4) is 0 Å². The zero-order valence-corrected chi connectivity index (χ0v) is 10.8. The summed E-state index contributed by atoms with van der Waals surface area (Å²) < 4.78 is 14.5. The lowest BCUT2D eigenvalue weighted by Crippen LogP contribution is -1.85. The molecule has 0 bridgehead atoms. The van der Waals surface area contributed by atoms with E-state index in [1.807, 2.05) is 6.07 Å². The molecule has 4 heteroatoms. The van der Waals surface area contributed by atoms with Crippen LogP contribution in [0.25, 0.3) is 10.6 Å². The molecule has 0 aliphatic heterocycles. The van der Waals surface area contributed by atoms with Gasteiger partial charge in [0, 0.05) is 21.3 Å². The number of thiazole rings is 1. The third-order valence-electron chi connectivity index (χ3n) is 2.68. The van der Waals surface area contributed by atoms with Gasteiger partial charge in [-0.05, 0) is 31.0 Å². The average molecular weight is 298 g/mol. The van der Waals surface area contributed by atoms with Crippen molar-refractivity contribution in [2.24, 2.45) is 0 Å². The van der Waals surface area contributed by atoms with Gasteiger partial charge in [-0.1, -0.05) is 15.9 Å². The van der Waals surface area contributed by atoms with E-state index in [-0.39, 0.29) is 5.82 Å². The number of nitrogens with zero attached hydrogens (tertiary/aromatic N) is 1. The highest BCUT2D eigenvalue weighted by atomic mass is 79.9. The van der Waals surface area contributed by atoms with Crippen LogP contribution in [0.4, 0.5) is 4.39 Å². The Morgan fingerprint density at radius 1 is 1.38 bits per heavy atom. The van der Waals surface area contributed by atoms with Crippen molar-refractivity contribution in [3.8, 4) is 10.6 Å². The van der Waals surface area contributed by atoms with E-state index >= 15 is 0 Å². The molecular weight excluding hydrogens is 289 g/mol. The molecule has 1 aliphatic rings. The topological polar surface area (TPSA) is 12.9 Å². The predicted molar refractivity (Wildman–Crippen MR) is 67.2 cm³/mol. The molecule has 0 N–H and O–H groups in total. The standard InChI is InChI=1S/C12H9BrFNS/c13-8-3-4-9(10(14)5-8)12-15-11(6-16-12)7-1-2-7/h3-7H,1-2H2. The summed E-state index contributed by atoms with van der Waals surface area (Å²) in [5, 5.41) is 2.83. The van der Waals surface area contributed by atoms with Crippen LogP contribution in [-0.4, -0.2) is 4.98 Å². The van der Waals surface area contributed by atoms with Crippen molar-refractivity contribution < 1.29 is 4.39 Å². The molecule has 1 aliphatic carbocycles. The summed E-state index contributed by atoms with van der Waals surface area (Å²) >= 11 is 4.77. The smallest absolute Gasteiger partial charge is 0.134 e. The first-order valence-electron chi connectivity index (χ1n) is 5.15. The summed E-state index contributed by atoms with van der Waals surface area (Å²) in [7, 11) is 0. The first-order valence-corrected chi connectivity index (χ1v) is 6.82. The van der Waals surface area contributed by atoms with E-state index in [0.29, 0.717) is 11.5 Å². The maximum absolute atomic E-state index is 13.7. The Labute approximate surface area is 105 Å². The lowest BCUT2D eigenvalue weighted by Gasteiger charge is -1.99. The van der Waals surface area contributed by atoms with Crippen LogP contribution in [0.15, 0.2) is 28.1 Å². The summed E-state index contributed by atoms with van der Waals surface area (Å²) in [5.74, 6) is 0.412. The lowest BCUT2D eigenvalue weighted by atomic mass is 10.2. The van der Waals surface area contributed by atoms with Gasteiger partial charge >= 0.3 is 0 Å². The maximum atomic E-state index is 13.7. The molecule has 1 saturated carbocycles. The maximum Gasteiger partial charge on any atom is 0.134 e. The van der Waals surface area contributed by atoms with Crippen molar-refractivity contribution in [1.82, 2.24) is 4.98 Å². The van der Waals surface area contributed by atoms with Gasteiger partial charge < -0.3 is 0 Å². The Bertz CT molecular complexity index is 534. The Kier molecular flexibility index (Phi) is 2.56. The quantitative estimate of drug-likeness (QED) is 0.790. The highest BCUT2D eigenvalue weighted by Crippen LogP contribution is 2.41. The van der Waals surface area contributed by atoms with Crippen molar-refractivity contribution in [2.75, 3.05) is 0 Å². The van der Waals surface area contributed by atoms with Gasteiger partial charge in [0.2, 0.25) is 0 Å². The fourth-order valence-electron chi connectivity index (χ4n) is 1.64. The number of halogens is 2. The Morgan fingerprint density at radius 3 is 2.88 bits per heavy atom. The number of rotatable bonds is 2. The zero-order valence-electron chi connectivity index (χ0n) is 8.41. The fraction of sp³-hybridized carbons (Fsp3) is 0.250. The van der Waals surface area contributed by atoms with Gasteiger partial charge in [0.25, 0.3) is 0 Å². The SMILES string of the molecule is Fc1cc(Br)ccc1-c1nc(C2CC2)cs1. The summed E-state index contributed by atoms with van der Waals surface area (Å²) in [6, 6.07) is 5.10. The van der Waals surface area contributed by atoms with Gasteiger partial charge in [0.15, 0.2) is 0 Å². The molecule has 0 amide bonds. The Hall–Kier alpha value is -0.740. The molecule has 82 valence electrons.